The molecule has 0 unspecified atom stereocenters. The van der Waals surface area contributed by atoms with E-state index in [0.717, 1.165) is 0 Å². The summed E-state index contributed by atoms with van der Waals surface area (Å²) in [6.07, 6.45) is 8.72. The van der Waals surface area contributed by atoms with Crippen LogP contribution in [-0.4, -0.2) is 0 Å². The van der Waals surface area contributed by atoms with Crippen LogP contribution in [0.2, 0.25) is 0 Å². The third-order valence-electron chi connectivity index (χ3n) is 4.49. The number of fused-ring (bicyclic) bond motifs is 3. The molecule has 0 saturated carbocycles. The van der Waals surface area contributed by atoms with Crippen LogP contribution in [0.25, 0.3) is 11.1 Å². The molecule has 2 aromatic rings. The standard InChI is InChI=1S/C20H14I2/c1-12(13-4-2-3-5-13)20-18-10-14(21)6-8-16(18)17-9-7-15(22)11-19(17)20/h2-11,13,20H,1H2. The average Bonchev–Trinajstić information content (AvgIpc) is 3.11. The number of halogens is 2. The van der Waals surface area contributed by atoms with Gasteiger partial charge in [0, 0.05) is 19.0 Å². The van der Waals surface area contributed by atoms with Crippen LogP contribution in [0.15, 0.2) is 72.9 Å². The Bertz CT molecular complexity index is 779. The fourth-order valence-electron chi connectivity index (χ4n) is 3.47. The summed E-state index contributed by atoms with van der Waals surface area (Å²) < 4.78 is 2.57. The van der Waals surface area contributed by atoms with Gasteiger partial charge in [-0.15, -0.1) is 0 Å². The van der Waals surface area contributed by atoms with E-state index < -0.39 is 0 Å². The highest BCUT2D eigenvalue weighted by molar-refractivity contribution is 14.1. The van der Waals surface area contributed by atoms with Gasteiger partial charge in [-0.25, -0.2) is 0 Å². The van der Waals surface area contributed by atoms with E-state index >= 15 is 0 Å². The molecule has 22 heavy (non-hydrogen) atoms. The largest absolute Gasteiger partial charge is 0.0980 e. The quantitative estimate of drug-likeness (QED) is 0.330. The van der Waals surface area contributed by atoms with Gasteiger partial charge in [0.2, 0.25) is 0 Å². The SMILES string of the molecule is C=C(C1C=CC=C1)C1c2cc(I)ccc2-c2ccc(I)cc21. The lowest BCUT2D eigenvalue weighted by Gasteiger charge is -2.20. The second-order valence-electron chi connectivity index (χ2n) is 5.77. The van der Waals surface area contributed by atoms with Gasteiger partial charge in [-0.3, -0.25) is 0 Å². The summed E-state index contributed by atoms with van der Waals surface area (Å²) in [5.74, 6) is 0.645. The van der Waals surface area contributed by atoms with Crippen molar-refractivity contribution in [3.05, 3.63) is 91.1 Å². The first-order valence-electron chi connectivity index (χ1n) is 7.28. The summed E-state index contributed by atoms with van der Waals surface area (Å²) in [6.45, 7) is 4.47. The van der Waals surface area contributed by atoms with Gasteiger partial charge in [-0.05, 0) is 91.7 Å². The molecule has 0 saturated heterocycles. The van der Waals surface area contributed by atoms with E-state index in [9.17, 15) is 0 Å². The molecule has 2 aliphatic carbocycles. The second kappa shape index (κ2) is 5.64. The van der Waals surface area contributed by atoms with Crippen molar-refractivity contribution in [2.45, 2.75) is 5.92 Å². The monoisotopic (exact) mass is 508 g/mol. The molecular formula is C20H14I2. The second-order valence-corrected chi connectivity index (χ2v) is 8.26. The zero-order chi connectivity index (χ0) is 15.3. The van der Waals surface area contributed by atoms with Crippen molar-refractivity contribution in [2.24, 2.45) is 5.92 Å². The highest BCUT2D eigenvalue weighted by Crippen LogP contribution is 2.50. The van der Waals surface area contributed by atoms with Crippen LogP contribution in [0, 0.1) is 13.1 Å². The molecule has 2 aliphatic rings. The van der Waals surface area contributed by atoms with Crippen LogP contribution in [0.5, 0.6) is 0 Å². The maximum absolute atomic E-state index is 4.47. The van der Waals surface area contributed by atoms with E-state index in [1.165, 1.54) is 35.0 Å². The zero-order valence-electron chi connectivity index (χ0n) is 11.9. The van der Waals surface area contributed by atoms with Crippen LogP contribution in [0.1, 0.15) is 17.0 Å². The Morgan fingerprint density at radius 2 is 1.32 bits per heavy atom. The molecule has 0 aliphatic heterocycles. The van der Waals surface area contributed by atoms with Gasteiger partial charge in [-0.1, -0.05) is 48.6 Å². The third-order valence-corrected chi connectivity index (χ3v) is 5.83. The van der Waals surface area contributed by atoms with E-state index in [1.54, 1.807) is 0 Å². The Hall–Kier alpha value is -0.880. The van der Waals surface area contributed by atoms with Gasteiger partial charge in [0.05, 0.1) is 0 Å². The molecule has 0 radical (unpaired) electrons. The summed E-state index contributed by atoms with van der Waals surface area (Å²) in [4.78, 5) is 0. The first-order valence-corrected chi connectivity index (χ1v) is 9.44. The molecule has 0 nitrogen and oxygen atoms in total. The van der Waals surface area contributed by atoms with Crippen LogP contribution < -0.4 is 0 Å². The Morgan fingerprint density at radius 3 is 1.82 bits per heavy atom. The molecule has 108 valence electrons. The summed E-state index contributed by atoms with van der Waals surface area (Å²) in [7, 11) is 0. The zero-order valence-corrected chi connectivity index (χ0v) is 16.2. The van der Waals surface area contributed by atoms with Gasteiger partial charge in [0.15, 0.2) is 0 Å². The summed E-state index contributed by atoms with van der Waals surface area (Å²) >= 11 is 4.80. The predicted octanol–water partition coefficient (Wildman–Crippen LogP) is 6.31. The summed E-state index contributed by atoms with van der Waals surface area (Å²) in [5, 5.41) is 0. The van der Waals surface area contributed by atoms with E-state index in [4.69, 9.17) is 0 Å². The molecule has 0 N–H and O–H groups in total. The predicted molar refractivity (Wildman–Crippen MR) is 110 cm³/mol. The fraction of sp³-hybridized carbons (Fsp3) is 0.100. The summed E-state index contributed by atoms with van der Waals surface area (Å²) in [6, 6.07) is 13.6. The Morgan fingerprint density at radius 1 is 0.818 bits per heavy atom. The third kappa shape index (κ3) is 2.31. The minimum atomic E-state index is 0.298. The van der Waals surface area contributed by atoms with Gasteiger partial charge in [-0.2, -0.15) is 0 Å². The van der Waals surface area contributed by atoms with E-state index in [-0.39, 0.29) is 0 Å². The molecule has 0 heterocycles. The Kier molecular flexibility index (Phi) is 3.77. The van der Waals surface area contributed by atoms with Gasteiger partial charge < -0.3 is 0 Å². The highest BCUT2D eigenvalue weighted by atomic mass is 127. The lowest BCUT2D eigenvalue weighted by Crippen LogP contribution is -2.07. The first-order chi connectivity index (χ1) is 10.6. The molecule has 0 aromatic heterocycles. The molecule has 0 spiro atoms. The van der Waals surface area contributed by atoms with Gasteiger partial charge in [0.25, 0.3) is 0 Å². The van der Waals surface area contributed by atoms with Crippen LogP contribution in [0.4, 0.5) is 0 Å². The molecule has 0 atom stereocenters. The topological polar surface area (TPSA) is 0 Å². The van der Waals surface area contributed by atoms with Crippen molar-refractivity contribution in [3.8, 4) is 11.1 Å². The van der Waals surface area contributed by atoms with E-state index in [0.29, 0.717) is 11.8 Å². The minimum absolute atomic E-state index is 0.298. The number of hydrogen-bond acceptors (Lipinski definition) is 0. The van der Waals surface area contributed by atoms with Crippen molar-refractivity contribution in [1.29, 1.82) is 0 Å². The van der Waals surface area contributed by atoms with Crippen molar-refractivity contribution < 1.29 is 0 Å². The van der Waals surface area contributed by atoms with Crippen LogP contribution >= 0.6 is 45.2 Å². The Labute approximate surface area is 158 Å². The fourth-order valence-corrected chi connectivity index (χ4v) is 4.50. The van der Waals surface area contributed by atoms with Gasteiger partial charge >= 0.3 is 0 Å². The molecule has 4 rings (SSSR count). The molecule has 2 aromatic carbocycles. The maximum atomic E-state index is 4.47. The van der Waals surface area contributed by atoms with Crippen LogP contribution in [0.3, 0.4) is 0 Å². The molecule has 0 bridgehead atoms. The lowest BCUT2D eigenvalue weighted by atomic mass is 9.83. The smallest absolute Gasteiger partial charge is 0.0318 e. The number of allylic oxidation sites excluding steroid dienone is 5. The van der Waals surface area contributed by atoms with Crippen molar-refractivity contribution >= 4 is 45.2 Å². The van der Waals surface area contributed by atoms with Crippen molar-refractivity contribution in [3.63, 3.8) is 0 Å². The average molecular weight is 508 g/mol. The Balaban J connectivity index is 1.92. The molecule has 0 fully saturated rings. The van der Waals surface area contributed by atoms with E-state index in [1.807, 2.05) is 0 Å². The minimum Gasteiger partial charge on any atom is -0.0980 e. The summed E-state index contributed by atoms with van der Waals surface area (Å²) in [5.41, 5.74) is 6.81. The molecule has 2 heteroatoms. The first kappa shape index (κ1) is 14.7. The molecule has 0 amide bonds. The van der Waals surface area contributed by atoms with Crippen molar-refractivity contribution in [1.82, 2.24) is 0 Å². The normalized spacial score (nSPS) is 16.1. The number of hydrogen-bond donors (Lipinski definition) is 0. The van der Waals surface area contributed by atoms with Crippen molar-refractivity contribution in [2.75, 3.05) is 0 Å². The van der Waals surface area contributed by atoms with Crippen LogP contribution in [-0.2, 0) is 0 Å². The van der Waals surface area contributed by atoms with Gasteiger partial charge in [0.1, 0.15) is 0 Å². The lowest BCUT2D eigenvalue weighted by molar-refractivity contribution is 0.846. The maximum Gasteiger partial charge on any atom is 0.0318 e. The molecular weight excluding hydrogens is 494 g/mol. The highest BCUT2D eigenvalue weighted by Gasteiger charge is 2.32. The van der Waals surface area contributed by atoms with E-state index in [2.05, 4.69) is 112 Å². The number of benzene rings is 2. The number of rotatable bonds is 2.